The molecule has 0 aliphatic carbocycles. The van der Waals surface area contributed by atoms with E-state index < -0.39 is 10.0 Å². The van der Waals surface area contributed by atoms with Gasteiger partial charge in [0.25, 0.3) is 0 Å². The van der Waals surface area contributed by atoms with Crippen LogP contribution in [-0.4, -0.2) is 30.1 Å². The Hall–Kier alpha value is -1.86. The van der Waals surface area contributed by atoms with Gasteiger partial charge in [0.05, 0.1) is 18.4 Å². The number of para-hydroxylation sites is 1. The maximum absolute atomic E-state index is 12.2. The molecule has 0 aliphatic rings. The highest BCUT2D eigenvalue weighted by Gasteiger charge is 2.19. The Kier molecular flexibility index (Phi) is 5.79. The predicted molar refractivity (Wildman–Crippen MR) is 89.8 cm³/mol. The van der Waals surface area contributed by atoms with Crippen molar-refractivity contribution in [3.63, 3.8) is 0 Å². The molecule has 7 heteroatoms. The minimum atomic E-state index is -3.42. The number of nitrogens with one attached hydrogen (secondary N) is 1. The molecule has 1 atom stereocenters. The van der Waals surface area contributed by atoms with Crippen molar-refractivity contribution in [3.05, 3.63) is 48.3 Å². The summed E-state index contributed by atoms with van der Waals surface area (Å²) >= 11 is 0. The summed E-state index contributed by atoms with van der Waals surface area (Å²) in [5, 5.41) is 4.01. The number of hydrogen-bond donors (Lipinski definition) is 1. The Bertz CT molecular complexity index is 712. The lowest BCUT2D eigenvalue weighted by Gasteiger charge is -2.19. The van der Waals surface area contributed by atoms with Gasteiger partial charge in [-0.3, -0.25) is 4.68 Å². The summed E-state index contributed by atoms with van der Waals surface area (Å²) in [6, 6.07) is 8.87. The fourth-order valence-corrected chi connectivity index (χ4v) is 3.45. The van der Waals surface area contributed by atoms with E-state index in [1.54, 1.807) is 23.1 Å². The quantitative estimate of drug-likeness (QED) is 0.802. The first-order valence-corrected chi connectivity index (χ1v) is 9.25. The number of rotatable bonds is 8. The molecule has 23 heavy (non-hydrogen) atoms. The summed E-state index contributed by atoms with van der Waals surface area (Å²) in [6.45, 7) is 6.01. The zero-order valence-corrected chi connectivity index (χ0v) is 14.5. The first-order chi connectivity index (χ1) is 10.9. The molecule has 0 radical (unpaired) electrons. The summed E-state index contributed by atoms with van der Waals surface area (Å²) < 4.78 is 34.5. The maximum atomic E-state index is 12.2. The summed E-state index contributed by atoms with van der Waals surface area (Å²) in [6.07, 6.45) is 3.40. The molecule has 1 aromatic carbocycles. The average Bonchev–Trinajstić information content (AvgIpc) is 2.98. The average molecular weight is 337 g/mol. The van der Waals surface area contributed by atoms with Crippen LogP contribution in [0.4, 0.5) is 0 Å². The predicted octanol–water partition coefficient (Wildman–Crippen LogP) is 2.35. The van der Waals surface area contributed by atoms with Crippen LogP contribution in [0, 0.1) is 0 Å². The Morgan fingerprint density at radius 1 is 1.22 bits per heavy atom. The molecule has 0 spiro atoms. The first-order valence-electron chi connectivity index (χ1n) is 7.60. The lowest BCUT2D eigenvalue weighted by atomic mass is 10.1. The summed E-state index contributed by atoms with van der Waals surface area (Å²) in [7, 11) is -3.42. The molecule has 0 bridgehead atoms. The Morgan fingerprint density at radius 2 is 1.96 bits per heavy atom. The zero-order chi connectivity index (χ0) is 16.9. The van der Waals surface area contributed by atoms with Crippen LogP contribution in [0.2, 0.25) is 0 Å². The summed E-state index contributed by atoms with van der Waals surface area (Å²) in [5.74, 6) is 0.677. The van der Waals surface area contributed by atoms with E-state index in [0.29, 0.717) is 12.3 Å². The van der Waals surface area contributed by atoms with Crippen LogP contribution < -0.4 is 9.46 Å². The number of sulfonamides is 1. The standard InChI is InChI=1S/C16H23N3O3S/c1-13(2)22-16-8-5-4-7-15(16)14(3)18-23(20,21)12-11-19-10-6-9-17-19/h4-10,13-14,18H,11-12H2,1-3H3/t14-/m0/s1. The van der Waals surface area contributed by atoms with Crippen LogP contribution in [0.1, 0.15) is 32.4 Å². The first kappa shape index (κ1) is 17.5. The number of nitrogens with zero attached hydrogens (tertiary/aromatic N) is 2. The molecule has 1 N–H and O–H groups in total. The van der Waals surface area contributed by atoms with Crippen LogP contribution in [-0.2, 0) is 16.6 Å². The number of benzene rings is 1. The molecule has 126 valence electrons. The second-order valence-corrected chi connectivity index (χ2v) is 7.51. The van der Waals surface area contributed by atoms with Crippen molar-refractivity contribution in [1.29, 1.82) is 0 Å². The maximum Gasteiger partial charge on any atom is 0.213 e. The topological polar surface area (TPSA) is 73.2 Å². The molecule has 0 saturated heterocycles. The van der Waals surface area contributed by atoms with Gasteiger partial charge in [-0.05, 0) is 32.9 Å². The van der Waals surface area contributed by atoms with Crippen LogP contribution in [0.5, 0.6) is 5.75 Å². The summed E-state index contributed by atoms with van der Waals surface area (Å²) in [5.41, 5.74) is 0.823. The highest BCUT2D eigenvalue weighted by atomic mass is 32.2. The van der Waals surface area contributed by atoms with Gasteiger partial charge in [0.1, 0.15) is 5.75 Å². The lowest BCUT2D eigenvalue weighted by molar-refractivity contribution is 0.238. The van der Waals surface area contributed by atoms with Crippen molar-refractivity contribution in [3.8, 4) is 5.75 Å². The van der Waals surface area contributed by atoms with Gasteiger partial charge in [0.15, 0.2) is 0 Å². The molecular formula is C16H23N3O3S. The van der Waals surface area contributed by atoms with E-state index in [0.717, 1.165) is 5.56 Å². The Morgan fingerprint density at radius 3 is 2.61 bits per heavy atom. The molecule has 0 aliphatic heterocycles. The molecule has 0 unspecified atom stereocenters. The fourth-order valence-electron chi connectivity index (χ4n) is 2.24. The Balaban J connectivity index is 2.04. The SMILES string of the molecule is CC(C)Oc1ccccc1[C@H](C)NS(=O)(=O)CCn1cccn1. The lowest BCUT2D eigenvalue weighted by Crippen LogP contribution is -2.31. The van der Waals surface area contributed by atoms with Gasteiger partial charge in [0.2, 0.25) is 10.0 Å². The molecule has 0 saturated carbocycles. The molecule has 6 nitrogen and oxygen atoms in total. The van der Waals surface area contributed by atoms with E-state index in [4.69, 9.17) is 4.74 Å². The van der Waals surface area contributed by atoms with Crippen LogP contribution in [0.15, 0.2) is 42.7 Å². The molecule has 1 aromatic heterocycles. The normalized spacial score (nSPS) is 13.2. The van der Waals surface area contributed by atoms with E-state index in [-0.39, 0.29) is 17.9 Å². The minimum Gasteiger partial charge on any atom is -0.491 e. The van der Waals surface area contributed by atoms with Crippen molar-refractivity contribution in [1.82, 2.24) is 14.5 Å². The van der Waals surface area contributed by atoms with Gasteiger partial charge >= 0.3 is 0 Å². The van der Waals surface area contributed by atoms with E-state index in [9.17, 15) is 8.42 Å². The van der Waals surface area contributed by atoms with E-state index in [1.807, 2.05) is 45.0 Å². The van der Waals surface area contributed by atoms with Crippen molar-refractivity contribution < 1.29 is 13.2 Å². The van der Waals surface area contributed by atoms with E-state index in [2.05, 4.69) is 9.82 Å². The molecule has 2 aromatic rings. The number of aromatic nitrogens is 2. The third-order valence-electron chi connectivity index (χ3n) is 3.25. The highest BCUT2D eigenvalue weighted by molar-refractivity contribution is 7.89. The second kappa shape index (κ2) is 7.61. The van der Waals surface area contributed by atoms with Gasteiger partial charge in [-0.25, -0.2) is 13.1 Å². The van der Waals surface area contributed by atoms with Crippen LogP contribution in [0.3, 0.4) is 0 Å². The third kappa shape index (κ3) is 5.37. The fraction of sp³-hybridized carbons (Fsp3) is 0.438. The van der Waals surface area contributed by atoms with Crippen molar-refractivity contribution in [2.45, 2.75) is 39.5 Å². The van der Waals surface area contributed by atoms with Gasteiger partial charge in [-0.15, -0.1) is 0 Å². The van der Waals surface area contributed by atoms with Crippen molar-refractivity contribution >= 4 is 10.0 Å². The summed E-state index contributed by atoms with van der Waals surface area (Å²) in [4.78, 5) is 0. The highest BCUT2D eigenvalue weighted by Crippen LogP contribution is 2.26. The number of aryl methyl sites for hydroxylation is 1. The molecule has 0 fully saturated rings. The molecule has 0 amide bonds. The van der Waals surface area contributed by atoms with Crippen molar-refractivity contribution in [2.24, 2.45) is 0 Å². The monoisotopic (exact) mass is 337 g/mol. The van der Waals surface area contributed by atoms with Gasteiger partial charge in [-0.1, -0.05) is 18.2 Å². The number of ether oxygens (including phenoxy) is 1. The Labute approximate surface area is 137 Å². The zero-order valence-electron chi connectivity index (χ0n) is 13.6. The van der Waals surface area contributed by atoms with Crippen molar-refractivity contribution in [2.75, 3.05) is 5.75 Å². The van der Waals surface area contributed by atoms with Gasteiger partial charge in [-0.2, -0.15) is 5.10 Å². The van der Waals surface area contributed by atoms with Gasteiger partial charge < -0.3 is 4.74 Å². The molecule has 2 rings (SSSR count). The molecular weight excluding hydrogens is 314 g/mol. The van der Waals surface area contributed by atoms with E-state index >= 15 is 0 Å². The minimum absolute atomic E-state index is 0.0216. The van der Waals surface area contributed by atoms with Crippen LogP contribution >= 0.6 is 0 Å². The smallest absolute Gasteiger partial charge is 0.213 e. The third-order valence-corrected chi connectivity index (χ3v) is 4.69. The largest absolute Gasteiger partial charge is 0.491 e. The number of hydrogen-bond acceptors (Lipinski definition) is 4. The van der Waals surface area contributed by atoms with E-state index in [1.165, 1.54) is 0 Å². The van der Waals surface area contributed by atoms with Gasteiger partial charge in [0, 0.05) is 24.0 Å². The second-order valence-electron chi connectivity index (χ2n) is 5.63. The molecule has 1 heterocycles. The van der Waals surface area contributed by atoms with Crippen LogP contribution in [0.25, 0.3) is 0 Å².